The van der Waals surface area contributed by atoms with Gasteiger partial charge in [0.25, 0.3) is 5.91 Å². The molecule has 2 N–H and O–H groups in total. The molecule has 0 heterocycles. The SMILES string of the molecule is Cc1cccc(C(=O)N(CCN)C2CCC2)c1F. The number of nitrogens with two attached hydrogens (primary N) is 1. The van der Waals surface area contributed by atoms with Crippen LogP contribution in [0.2, 0.25) is 0 Å². The van der Waals surface area contributed by atoms with E-state index in [0.29, 0.717) is 18.7 Å². The zero-order valence-corrected chi connectivity index (χ0v) is 10.7. The minimum absolute atomic E-state index is 0.162. The van der Waals surface area contributed by atoms with Gasteiger partial charge in [-0.15, -0.1) is 0 Å². The average molecular weight is 250 g/mol. The molecule has 1 amide bonds. The maximum atomic E-state index is 14.0. The fraction of sp³-hybridized carbons (Fsp3) is 0.500. The van der Waals surface area contributed by atoms with Crippen molar-refractivity contribution >= 4 is 5.91 Å². The molecule has 0 aliphatic heterocycles. The zero-order chi connectivity index (χ0) is 13.1. The third-order valence-electron chi connectivity index (χ3n) is 3.57. The highest BCUT2D eigenvalue weighted by atomic mass is 19.1. The van der Waals surface area contributed by atoms with Gasteiger partial charge in [-0.05, 0) is 37.8 Å². The van der Waals surface area contributed by atoms with Gasteiger partial charge in [0, 0.05) is 19.1 Å². The van der Waals surface area contributed by atoms with Crippen molar-refractivity contribution < 1.29 is 9.18 Å². The number of aryl methyl sites for hydroxylation is 1. The minimum atomic E-state index is -0.413. The van der Waals surface area contributed by atoms with Crippen LogP contribution in [0, 0.1) is 12.7 Å². The Morgan fingerprint density at radius 3 is 2.78 bits per heavy atom. The Bertz CT molecular complexity index is 443. The molecule has 0 aromatic heterocycles. The third-order valence-corrected chi connectivity index (χ3v) is 3.57. The number of rotatable bonds is 4. The van der Waals surface area contributed by atoms with Crippen LogP contribution in [-0.4, -0.2) is 29.9 Å². The average Bonchev–Trinajstić information content (AvgIpc) is 2.29. The smallest absolute Gasteiger partial charge is 0.257 e. The molecule has 1 aliphatic carbocycles. The maximum Gasteiger partial charge on any atom is 0.257 e. The van der Waals surface area contributed by atoms with E-state index in [9.17, 15) is 9.18 Å². The fourth-order valence-electron chi connectivity index (χ4n) is 2.25. The van der Waals surface area contributed by atoms with Gasteiger partial charge in [0.1, 0.15) is 5.82 Å². The van der Waals surface area contributed by atoms with Crippen molar-refractivity contribution in [3.05, 3.63) is 35.1 Å². The summed E-state index contributed by atoms with van der Waals surface area (Å²) in [5, 5.41) is 0. The summed E-state index contributed by atoms with van der Waals surface area (Å²) >= 11 is 0. The molecular formula is C14H19FN2O. The molecule has 1 aromatic rings. The molecule has 1 aliphatic rings. The van der Waals surface area contributed by atoms with Gasteiger partial charge in [0.05, 0.1) is 5.56 Å². The Balaban J connectivity index is 2.24. The van der Waals surface area contributed by atoms with E-state index in [1.165, 1.54) is 0 Å². The third kappa shape index (κ3) is 2.38. The van der Waals surface area contributed by atoms with Crippen LogP contribution in [0.1, 0.15) is 35.2 Å². The van der Waals surface area contributed by atoms with Gasteiger partial charge in [-0.1, -0.05) is 12.1 Å². The zero-order valence-electron chi connectivity index (χ0n) is 10.7. The number of benzene rings is 1. The Morgan fingerprint density at radius 1 is 1.50 bits per heavy atom. The number of nitrogens with zero attached hydrogens (tertiary/aromatic N) is 1. The van der Waals surface area contributed by atoms with Crippen molar-refractivity contribution in [3.63, 3.8) is 0 Å². The van der Waals surface area contributed by atoms with E-state index in [4.69, 9.17) is 5.73 Å². The number of halogens is 1. The van der Waals surface area contributed by atoms with E-state index < -0.39 is 5.82 Å². The fourth-order valence-corrected chi connectivity index (χ4v) is 2.25. The van der Waals surface area contributed by atoms with Gasteiger partial charge in [0.15, 0.2) is 0 Å². The second kappa shape index (κ2) is 5.48. The Morgan fingerprint density at radius 2 is 2.22 bits per heavy atom. The molecule has 0 atom stereocenters. The number of amides is 1. The van der Waals surface area contributed by atoms with Crippen LogP contribution in [0.3, 0.4) is 0 Å². The maximum absolute atomic E-state index is 14.0. The van der Waals surface area contributed by atoms with Crippen LogP contribution in [0.5, 0.6) is 0 Å². The molecule has 18 heavy (non-hydrogen) atoms. The van der Waals surface area contributed by atoms with Crippen LogP contribution >= 0.6 is 0 Å². The first-order valence-corrected chi connectivity index (χ1v) is 6.41. The highest BCUT2D eigenvalue weighted by Crippen LogP contribution is 2.26. The molecule has 1 saturated carbocycles. The second-order valence-corrected chi connectivity index (χ2v) is 4.81. The first kappa shape index (κ1) is 13.0. The number of carbonyl (C=O) groups excluding carboxylic acids is 1. The van der Waals surface area contributed by atoms with Crippen LogP contribution in [0.25, 0.3) is 0 Å². The van der Waals surface area contributed by atoms with E-state index in [-0.39, 0.29) is 17.5 Å². The molecule has 1 aromatic carbocycles. The molecular weight excluding hydrogens is 231 g/mol. The first-order valence-electron chi connectivity index (χ1n) is 6.41. The molecule has 0 saturated heterocycles. The molecule has 98 valence electrons. The van der Waals surface area contributed by atoms with Crippen LogP contribution < -0.4 is 5.73 Å². The van der Waals surface area contributed by atoms with Gasteiger partial charge >= 0.3 is 0 Å². The first-order chi connectivity index (χ1) is 8.65. The minimum Gasteiger partial charge on any atom is -0.334 e. The summed E-state index contributed by atoms with van der Waals surface area (Å²) in [6.07, 6.45) is 3.13. The van der Waals surface area contributed by atoms with Crippen LogP contribution in [0.4, 0.5) is 4.39 Å². The van der Waals surface area contributed by atoms with Gasteiger partial charge in [-0.2, -0.15) is 0 Å². The van der Waals surface area contributed by atoms with Crippen molar-refractivity contribution in [2.24, 2.45) is 5.73 Å². The lowest BCUT2D eigenvalue weighted by Gasteiger charge is -2.37. The molecule has 0 bridgehead atoms. The van der Waals surface area contributed by atoms with Gasteiger partial charge in [-0.25, -0.2) is 4.39 Å². The Labute approximate surface area is 107 Å². The molecule has 4 heteroatoms. The quantitative estimate of drug-likeness (QED) is 0.889. The van der Waals surface area contributed by atoms with E-state index >= 15 is 0 Å². The molecule has 2 rings (SSSR count). The lowest BCUT2D eigenvalue weighted by Crippen LogP contribution is -2.46. The molecule has 1 fully saturated rings. The van der Waals surface area contributed by atoms with Crippen molar-refractivity contribution in [1.82, 2.24) is 4.90 Å². The van der Waals surface area contributed by atoms with Crippen molar-refractivity contribution in [2.45, 2.75) is 32.2 Å². The highest BCUT2D eigenvalue weighted by molar-refractivity contribution is 5.95. The highest BCUT2D eigenvalue weighted by Gasteiger charge is 2.30. The van der Waals surface area contributed by atoms with Gasteiger partial charge in [0.2, 0.25) is 0 Å². The summed E-state index contributed by atoms with van der Waals surface area (Å²) in [5.74, 6) is -0.643. The normalized spacial score (nSPS) is 15.3. The van der Waals surface area contributed by atoms with Crippen LogP contribution in [0.15, 0.2) is 18.2 Å². The van der Waals surface area contributed by atoms with Crippen LogP contribution in [-0.2, 0) is 0 Å². The number of carbonyl (C=O) groups is 1. The largest absolute Gasteiger partial charge is 0.334 e. The Kier molecular flexibility index (Phi) is 3.97. The number of hydrogen-bond acceptors (Lipinski definition) is 2. The predicted octanol–water partition coefficient (Wildman–Crippen LogP) is 2.09. The second-order valence-electron chi connectivity index (χ2n) is 4.81. The van der Waals surface area contributed by atoms with E-state index in [1.807, 2.05) is 0 Å². The Hall–Kier alpha value is -1.42. The van der Waals surface area contributed by atoms with E-state index in [0.717, 1.165) is 19.3 Å². The topological polar surface area (TPSA) is 46.3 Å². The lowest BCUT2D eigenvalue weighted by atomic mass is 9.91. The van der Waals surface area contributed by atoms with Crippen molar-refractivity contribution in [3.8, 4) is 0 Å². The molecule has 0 spiro atoms. The molecule has 0 unspecified atom stereocenters. The lowest BCUT2D eigenvalue weighted by molar-refractivity contribution is 0.0584. The summed E-state index contributed by atoms with van der Waals surface area (Å²) in [5.41, 5.74) is 6.21. The molecule has 3 nitrogen and oxygen atoms in total. The van der Waals surface area contributed by atoms with Gasteiger partial charge in [-0.3, -0.25) is 4.79 Å². The summed E-state index contributed by atoms with van der Waals surface area (Å²) in [4.78, 5) is 14.1. The summed E-state index contributed by atoms with van der Waals surface area (Å²) in [6.45, 7) is 2.58. The van der Waals surface area contributed by atoms with Crippen molar-refractivity contribution in [1.29, 1.82) is 0 Å². The summed E-state index contributed by atoms with van der Waals surface area (Å²) < 4.78 is 14.0. The van der Waals surface area contributed by atoms with E-state index in [1.54, 1.807) is 30.0 Å². The van der Waals surface area contributed by atoms with Gasteiger partial charge < -0.3 is 10.6 Å². The summed E-state index contributed by atoms with van der Waals surface area (Å²) in [6, 6.07) is 5.17. The summed E-state index contributed by atoms with van der Waals surface area (Å²) in [7, 11) is 0. The molecule has 0 radical (unpaired) electrons. The van der Waals surface area contributed by atoms with E-state index in [2.05, 4.69) is 0 Å². The van der Waals surface area contributed by atoms with Crippen molar-refractivity contribution in [2.75, 3.05) is 13.1 Å². The standard InChI is InChI=1S/C14H19FN2O/c1-10-4-2-7-12(13(10)15)14(18)17(9-8-16)11-5-3-6-11/h2,4,7,11H,3,5-6,8-9,16H2,1H3. The number of hydrogen-bond donors (Lipinski definition) is 1. The monoisotopic (exact) mass is 250 g/mol. The predicted molar refractivity (Wildman–Crippen MR) is 68.9 cm³/mol.